The molecule has 23 nitrogen and oxygen atoms in total. The quantitative estimate of drug-likeness (QED) is 0.0552. The summed E-state index contributed by atoms with van der Waals surface area (Å²) in [7, 11) is -13.1. The molecule has 0 unspecified atom stereocenters. The zero-order valence-electron chi connectivity index (χ0n) is 66.1. The van der Waals surface area contributed by atoms with E-state index in [2.05, 4.69) is 26.6 Å². The molecule has 0 radical (unpaired) electrons. The standard InChI is InChI=1S/C25H24ClN3O4S.2C22H21ClN2O3S.C21H20ClN3O3S/c1-17-7-10-21(16-23(17)28-25(31)19-5-4-6-20(26)15-19)27-24(30)18-8-11-22(12-9-18)29-13-2-3-14-34(29,32)33;2*1-15-5-4-6-18-20(12-11-19(23)21(15)18)24-22(26)16-7-9-17(10-8-16)25-13-2-3-14-29(25,27)28;22-17-10-11-19(16-4-3-5-18(23)20(16)17)24-21(26)14-6-8-15(9-7-14)25-12-1-2-13-29(25,27)28/h4-12,15-16H,2-3,13-14H2,1H3,(H,27,30)(H,28,31);2*4-12H,2-3,13-14H2,1H3,(H,24,26);3-11H,1-2,12-13,23H2,(H,24,26). The Morgan fingerprint density at radius 1 is 0.298 bits per heavy atom. The molecule has 4 fully saturated rings. The van der Waals surface area contributed by atoms with Crippen LogP contribution in [0.5, 0.6) is 0 Å². The number of aryl methyl sites for hydroxylation is 3. The number of halogens is 4. The largest absolute Gasteiger partial charge is 0.398 e. The average Bonchev–Trinajstić information content (AvgIpc) is 0.782. The molecular weight excluding hydrogens is 1700 g/mol. The highest BCUT2D eigenvalue weighted by Crippen LogP contribution is 2.38. The van der Waals surface area contributed by atoms with Gasteiger partial charge >= 0.3 is 0 Å². The van der Waals surface area contributed by atoms with Crippen molar-refractivity contribution in [2.24, 2.45) is 0 Å². The summed E-state index contributed by atoms with van der Waals surface area (Å²) >= 11 is 24.9. The number of benzene rings is 12. The van der Waals surface area contributed by atoms with Gasteiger partial charge in [-0.1, -0.05) is 107 Å². The first-order chi connectivity index (χ1) is 57.8. The molecule has 0 aliphatic carbocycles. The molecule has 0 bridgehead atoms. The fourth-order valence-electron chi connectivity index (χ4n) is 14.7. The second-order valence-electron chi connectivity index (χ2n) is 29.4. The number of nitrogen functional groups attached to an aromatic ring is 1. The van der Waals surface area contributed by atoms with Crippen LogP contribution in [0.15, 0.2) is 231 Å². The molecule has 0 spiro atoms. The van der Waals surface area contributed by atoms with E-state index < -0.39 is 40.1 Å². The van der Waals surface area contributed by atoms with Crippen molar-refractivity contribution in [2.45, 2.75) is 72.1 Å². The van der Waals surface area contributed by atoms with Crippen molar-refractivity contribution in [2.75, 3.05) is 98.7 Å². The SMILES string of the molecule is Cc1ccc(NC(=O)c2ccc(N3CCCCS3(=O)=O)cc2)cc1NC(=O)c1cccc(Cl)c1.Cc1cccc2c(NC(=O)c3ccc(N4CCCCS4(=O)=O)cc3)ccc(Cl)c12.Cc1cccc2c(NC(=O)c3ccc(N4CCCCS4(=O)=O)cc3)ccc(Cl)c12.Nc1cccc2c(NC(=O)c3ccc(N4CCCCS4(=O)=O)cc3)ccc(Cl)c12. The first-order valence-corrected chi connectivity index (χ1v) is 47.0. The van der Waals surface area contributed by atoms with Crippen LogP contribution < -0.4 is 49.5 Å². The summed E-state index contributed by atoms with van der Waals surface area (Å²) in [4.78, 5) is 63.6. The van der Waals surface area contributed by atoms with Crippen LogP contribution in [0.4, 0.5) is 56.9 Å². The number of nitrogens with zero attached hydrogens (tertiary/aromatic N) is 4. The normalized spacial score (nSPS) is 15.7. The maximum absolute atomic E-state index is 12.8. The van der Waals surface area contributed by atoms with E-state index >= 15 is 0 Å². The summed E-state index contributed by atoms with van der Waals surface area (Å²) < 4.78 is 104. The number of carbonyl (C=O) groups excluding carboxylic acids is 5. The van der Waals surface area contributed by atoms with Gasteiger partial charge in [-0.3, -0.25) is 41.2 Å². The molecule has 4 heterocycles. The van der Waals surface area contributed by atoms with E-state index in [1.807, 2.05) is 63.2 Å². The first-order valence-electron chi connectivity index (χ1n) is 39.0. The molecule has 12 aromatic carbocycles. The third kappa shape index (κ3) is 20.7. The zero-order chi connectivity index (χ0) is 86.1. The Labute approximate surface area is 723 Å². The Morgan fingerprint density at radius 3 is 0.950 bits per heavy atom. The number of anilines is 10. The number of nitrogens with one attached hydrogen (secondary N) is 5. The predicted octanol–water partition coefficient (Wildman–Crippen LogP) is 19.3. The Balaban J connectivity index is 0.000000140. The lowest BCUT2D eigenvalue weighted by Crippen LogP contribution is -2.37. The Bertz CT molecular complexity index is 6000. The second-order valence-corrected chi connectivity index (χ2v) is 39.1. The third-order valence-corrected chi connectivity index (χ3v) is 29.7. The molecule has 12 aromatic rings. The molecule has 0 saturated carbocycles. The third-order valence-electron chi connectivity index (χ3n) is 21.1. The van der Waals surface area contributed by atoms with Crippen LogP contribution >= 0.6 is 46.4 Å². The van der Waals surface area contributed by atoms with E-state index in [4.69, 9.17) is 52.1 Å². The fourth-order valence-corrected chi connectivity index (χ4v) is 22.3. The van der Waals surface area contributed by atoms with Crippen LogP contribution in [-0.2, 0) is 40.1 Å². The summed E-state index contributed by atoms with van der Waals surface area (Å²) in [5.41, 5.74) is 17.0. The number of nitrogens with two attached hydrogens (primary N) is 1. The minimum Gasteiger partial charge on any atom is -0.398 e. The lowest BCUT2D eigenvalue weighted by molar-refractivity contribution is 0.101. The smallest absolute Gasteiger partial charge is 0.255 e. The van der Waals surface area contributed by atoms with E-state index in [0.717, 1.165) is 69.3 Å². The van der Waals surface area contributed by atoms with Gasteiger partial charge < -0.3 is 32.3 Å². The summed E-state index contributed by atoms with van der Waals surface area (Å²) in [6, 6.07) is 65.9. The summed E-state index contributed by atoms with van der Waals surface area (Å²) in [6.45, 7) is 7.67. The van der Waals surface area contributed by atoms with E-state index in [0.29, 0.717) is 162 Å². The van der Waals surface area contributed by atoms with E-state index in [9.17, 15) is 57.6 Å². The highest BCUT2D eigenvalue weighted by atomic mass is 35.5. The maximum atomic E-state index is 12.8. The molecule has 16 rings (SSSR count). The van der Waals surface area contributed by atoms with Gasteiger partial charge in [0.15, 0.2) is 0 Å². The number of hydrogen-bond donors (Lipinski definition) is 6. The van der Waals surface area contributed by atoms with Gasteiger partial charge in [0.05, 0.1) is 50.8 Å². The molecule has 4 saturated heterocycles. The fraction of sp³-hybridized carbons (Fsp3) is 0.211. The molecule has 121 heavy (non-hydrogen) atoms. The van der Waals surface area contributed by atoms with Crippen LogP contribution in [-0.4, -0.2) is 112 Å². The van der Waals surface area contributed by atoms with Crippen molar-refractivity contribution >= 4 is 205 Å². The van der Waals surface area contributed by atoms with Crippen molar-refractivity contribution < 1.29 is 57.6 Å². The number of sulfonamides is 4. The van der Waals surface area contributed by atoms with Gasteiger partial charge in [-0.2, -0.15) is 0 Å². The van der Waals surface area contributed by atoms with E-state index in [1.54, 1.807) is 188 Å². The van der Waals surface area contributed by atoms with E-state index in [1.165, 1.54) is 17.2 Å². The molecule has 5 amide bonds. The number of carbonyl (C=O) groups is 5. The Kier molecular flexibility index (Phi) is 27.3. The summed E-state index contributed by atoms with van der Waals surface area (Å²) in [5.74, 6) is -0.853. The van der Waals surface area contributed by atoms with Gasteiger partial charge in [-0.25, -0.2) is 33.7 Å². The van der Waals surface area contributed by atoms with Gasteiger partial charge in [0.2, 0.25) is 40.1 Å². The van der Waals surface area contributed by atoms with Crippen molar-refractivity contribution in [1.82, 2.24) is 0 Å². The van der Waals surface area contributed by atoms with Crippen LogP contribution in [0.2, 0.25) is 20.1 Å². The number of fused-ring (bicyclic) bond motifs is 3. The minimum absolute atomic E-state index is 0.138. The van der Waals surface area contributed by atoms with Crippen molar-refractivity contribution in [3.05, 3.63) is 295 Å². The molecular formula is C90H86Cl4N10O13S4. The molecule has 31 heteroatoms. The van der Waals surface area contributed by atoms with E-state index in [-0.39, 0.29) is 52.5 Å². The lowest BCUT2D eigenvalue weighted by Gasteiger charge is -2.28. The zero-order valence-corrected chi connectivity index (χ0v) is 72.4. The monoisotopic (exact) mass is 1780 g/mol. The van der Waals surface area contributed by atoms with Crippen LogP contribution in [0.3, 0.4) is 0 Å². The van der Waals surface area contributed by atoms with Crippen LogP contribution in [0.25, 0.3) is 32.3 Å². The van der Waals surface area contributed by atoms with Crippen LogP contribution in [0.1, 0.15) is 120 Å². The maximum Gasteiger partial charge on any atom is 0.255 e. The second kappa shape index (κ2) is 37.8. The van der Waals surface area contributed by atoms with Crippen LogP contribution in [0, 0.1) is 20.8 Å². The minimum atomic E-state index is -3.31. The summed E-state index contributed by atoms with van der Waals surface area (Å²) in [5, 5.41) is 21.7. The van der Waals surface area contributed by atoms with Crippen molar-refractivity contribution in [3.63, 3.8) is 0 Å². The average molecular weight is 1790 g/mol. The highest BCUT2D eigenvalue weighted by Gasteiger charge is 2.31. The molecule has 4 aliphatic heterocycles. The lowest BCUT2D eigenvalue weighted by atomic mass is 10.0. The summed E-state index contributed by atoms with van der Waals surface area (Å²) in [6.07, 6.45) is 6.03. The van der Waals surface area contributed by atoms with Gasteiger partial charge in [0.25, 0.3) is 29.5 Å². The Hall–Kier alpha value is -11.3. The number of amides is 5. The van der Waals surface area contributed by atoms with Crippen molar-refractivity contribution in [1.29, 1.82) is 0 Å². The number of hydrogen-bond acceptors (Lipinski definition) is 14. The molecule has 7 N–H and O–H groups in total. The number of rotatable bonds is 14. The Morgan fingerprint density at radius 2 is 0.603 bits per heavy atom. The predicted molar refractivity (Wildman–Crippen MR) is 490 cm³/mol. The molecule has 4 aliphatic rings. The van der Waals surface area contributed by atoms with Gasteiger partial charge in [-0.15, -0.1) is 0 Å². The molecule has 0 aromatic heterocycles. The topological polar surface area (TPSA) is 321 Å². The first kappa shape index (κ1) is 87.5. The van der Waals surface area contributed by atoms with Gasteiger partial charge in [0, 0.05) is 136 Å². The molecule has 0 atom stereocenters. The van der Waals surface area contributed by atoms with Crippen molar-refractivity contribution in [3.8, 4) is 0 Å². The van der Waals surface area contributed by atoms with Gasteiger partial charge in [-0.05, 0) is 259 Å². The molecule has 626 valence electrons. The van der Waals surface area contributed by atoms with Gasteiger partial charge in [0.1, 0.15) is 0 Å². The highest BCUT2D eigenvalue weighted by molar-refractivity contribution is 7.93.